The van der Waals surface area contributed by atoms with Crippen molar-refractivity contribution in [3.63, 3.8) is 0 Å². The Morgan fingerprint density at radius 3 is 2.84 bits per heavy atom. The van der Waals surface area contributed by atoms with Crippen LogP contribution in [0.25, 0.3) is 5.57 Å². The highest BCUT2D eigenvalue weighted by Crippen LogP contribution is 2.36. The molecule has 32 heavy (non-hydrogen) atoms. The number of hydrogen-bond acceptors (Lipinski definition) is 7. The van der Waals surface area contributed by atoms with Crippen molar-refractivity contribution in [3.05, 3.63) is 53.1 Å². The summed E-state index contributed by atoms with van der Waals surface area (Å²) in [5, 5.41) is 13.1. The smallest absolute Gasteiger partial charge is 0.320 e. The molecule has 0 unspecified atom stereocenters. The number of aryl methyl sites for hydroxylation is 2. The Bertz CT molecular complexity index is 1200. The summed E-state index contributed by atoms with van der Waals surface area (Å²) in [5.41, 5.74) is 5.37. The highest BCUT2D eigenvalue weighted by molar-refractivity contribution is 5.93. The molecule has 3 N–H and O–H groups in total. The third-order valence-corrected chi connectivity index (χ3v) is 4.97. The van der Waals surface area contributed by atoms with Gasteiger partial charge in [-0.1, -0.05) is 6.08 Å². The van der Waals surface area contributed by atoms with Gasteiger partial charge in [0.15, 0.2) is 0 Å². The Balaban J connectivity index is 1.63. The highest BCUT2D eigenvalue weighted by Gasteiger charge is 2.23. The summed E-state index contributed by atoms with van der Waals surface area (Å²) < 4.78 is 6.96. The van der Waals surface area contributed by atoms with Crippen molar-refractivity contribution in [1.82, 2.24) is 30.0 Å². The fourth-order valence-corrected chi connectivity index (χ4v) is 3.60. The molecule has 0 fully saturated rings. The normalized spacial score (nSPS) is 12.4. The zero-order chi connectivity index (χ0) is 22.8. The number of urea groups is 1. The van der Waals surface area contributed by atoms with E-state index in [2.05, 4.69) is 37.1 Å². The Hall–Kier alpha value is -3.95. The number of hydrogen-bond donors (Lipinski definition) is 3. The van der Waals surface area contributed by atoms with Crippen LogP contribution in [0, 0.1) is 6.92 Å². The van der Waals surface area contributed by atoms with Crippen molar-refractivity contribution in [3.8, 4) is 5.88 Å². The van der Waals surface area contributed by atoms with Crippen LogP contribution >= 0.6 is 0 Å². The van der Waals surface area contributed by atoms with Crippen LogP contribution in [0.5, 0.6) is 5.88 Å². The second kappa shape index (κ2) is 8.66. The fraction of sp³-hybridized carbons (Fsp3) is 0.318. The first-order chi connectivity index (χ1) is 15.4. The number of nitrogens with zero attached hydrogens (tertiary/aromatic N) is 5. The number of rotatable bonds is 6. The molecule has 0 aliphatic heterocycles. The van der Waals surface area contributed by atoms with Gasteiger partial charge < -0.3 is 15.4 Å². The number of amides is 2. The van der Waals surface area contributed by atoms with E-state index in [-0.39, 0.29) is 12.1 Å². The van der Waals surface area contributed by atoms with E-state index in [1.165, 1.54) is 0 Å². The molecule has 10 nitrogen and oxygen atoms in total. The first kappa shape index (κ1) is 21.3. The van der Waals surface area contributed by atoms with Gasteiger partial charge in [0.1, 0.15) is 11.5 Å². The summed E-state index contributed by atoms with van der Waals surface area (Å²) in [4.78, 5) is 25.7. The molecular weight excluding hydrogens is 408 g/mol. The largest absolute Gasteiger partial charge is 0.478 e. The number of carbonyl (C=O) groups excluding carboxylic acids is 1. The molecule has 166 valence electrons. The first-order valence-corrected chi connectivity index (χ1v) is 10.3. The number of ether oxygens (including phenoxy) is 1. The number of nitrogens with one attached hydrogen (secondary N) is 3. The summed E-state index contributed by atoms with van der Waals surface area (Å²) in [6, 6.07) is 1.70. The molecule has 0 bridgehead atoms. The van der Waals surface area contributed by atoms with Crippen molar-refractivity contribution in [2.75, 3.05) is 17.7 Å². The molecule has 10 heteroatoms. The first-order valence-electron chi connectivity index (χ1n) is 10.3. The molecule has 0 saturated carbocycles. The lowest BCUT2D eigenvalue weighted by molar-refractivity contribution is 0.250. The summed E-state index contributed by atoms with van der Waals surface area (Å²) in [6.45, 7) is 5.79. The lowest BCUT2D eigenvalue weighted by atomic mass is 10.0. The maximum absolute atomic E-state index is 12.2. The average molecular weight is 435 g/mol. The van der Waals surface area contributed by atoms with E-state index in [0.717, 1.165) is 28.0 Å². The molecule has 0 saturated heterocycles. The maximum Gasteiger partial charge on any atom is 0.320 e. The predicted molar refractivity (Wildman–Crippen MR) is 122 cm³/mol. The molecule has 3 aromatic heterocycles. The third kappa shape index (κ3) is 4.25. The number of methoxy groups -OCH3 is 1. The van der Waals surface area contributed by atoms with Crippen molar-refractivity contribution in [2.24, 2.45) is 7.05 Å². The molecule has 0 radical (unpaired) electrons. The average Bonchev–Trinajstić information content (AvgIpc) is 3.32. The van der Waals surface area contributed by atoms with Gasteiger partial charge in [-0.25, -0.2) is 19.7 Å². The SMILES string of the molecule is COc1nn(C)cc1Nc1ncc(C)c(C2=CCc3c2ccnc3NC(=O)NC(C)C)n1. The van der Waals surface area contributed by atoms with Gasteiger partial charge >= 0.3 is 6.03 Å². The lowest BCUT2D eigenvalue weighted by Crippen LogP contribution is -2.34. The van der Waals surface area contributed by atoms with Gasteiger partial charge in [0, 0.05) is 36.6 Å². The summed E-state index contributed by atoms with van der Waals surface area (Å²) in [7, 11) is 3.38. The fourth-order valence-electron chi connectivity index (χ4n) is 3.60. The third-order valence-electron chi connectivity index (χ3n) is 4.97. The van der Waals surface area contributed by atoms with Crippen LogP contribution in [0.4, 0.5) is 22.2 Å². The Labute approximate surface area is 186 Å². The van der Waals surface area contributed by atoms with Gasteiger partial charge in [0.25, 0.3) is 5.88 Å². The van der Waals surface area contributed by atoms with Crippen molar-refractivity contribution < 1.29 is 9.53 Å². The number of aromatic nitrogens is 5. The maximum atomic E-state index is 12.2. The lowest BCUT2D eigenvalue weighted by Gasteiger charge is -2.14. The molecular formula is C22H26N8O2. The van der Waals surface area contributed by atoms with Gasteiger partial charge in [-0.05, 0) is 44.4 Å². The minimum Gasteiger partial charge on any atom is -0.478 e. The predicted octanol–water partition coefficient (Wildman–Crippen LogP) is 3.18. The van der Waals surface area contributed by atoms with E-state index >= 15 is 0 Å². The number of fused-ring (bicyclic) bond motifs is 1. The van der Waals surface area contributed by atoms with E-state index in [4.69, 9.17) is 9.72 Å². The zero-order valence-corrected chi connectivity index (χ0v) is 18.7. The molecule has 3 aromatic rings. The molecule has 0 spiro atoms. The summed E-state index contributed by atoms with van der Waals surface area (Å²) in [6.07, 6.45) is 8.03. The van der Waals surface area contributed by atoms with Gasteiger partial charge in [-0.15, -0.1) is 5.10 Å². The second-order valence-electron chi connectivity index (χ2n) is 7.84. The van der Waals surface area contributed by atoms with E-state index in [0.29, 0.717) is 29.8 Å². The molecule has 0 aromatic carbocycles. The Morgan fingerprint density at radius 1 is 1.28 bits per heavy atom. The number of carbonyl (C=O) groups is 1. The molecule has 4 rings (SSSR count). The number of anilines is 3. The quantitative estimate of drug-likeness (QED) is 0.545. The van der Waals surface area contributed by atoms with E-state index < -0.39 is 0 Å². The number of pyridine rings is 1. The van der Waals surface area contributed by atoms with Crippen LogP contribution in [-0.4, -0.2) is 43.9 Å². The van der Waals surface area contributed by atoms with Gasteiger partial charge in [-0.3, -0.25) is 10.00 Å². The minimum atomic E-state index is -0.274. The summed E-state index contributed by atoms with van der Waals surface area (Å²) in [5.74, 6) is 1.46. The molecule has 0 atom stereocenters. The second-order valence-corrected chi connectivity index (χ2v) is 7.84. The summed E-state index contributed by atoms with van der Waals surface area (Å²) >= 11 is 0. The van der Waals surface area contributed by atoms with Gasteiger partial charge in [-0.2, -0.15) is 0 Å². The Morgan fingerprint density at radius 2 is 2.09 bits per heavy atom. The molecule has 1 aliphatic rings. The topological polar surface area (TPSA) is 119 Å². The zero-order valence-electron chi connectivity index (χ0n) is 18.7. The van der Waals surface area contributed by atoms with Crippen LogP contribution in [0.1, 0.15) is 36.2 Å². The monoisotopic (exact) mass is 434 g/mol. The van der Waals surface area contributed by atoms with E-state index in [9.17, 15) is 4.79 Å². The molecule has 3 heterocycles. The van der Waals surface area contributed by atoms with Crippen LogP contribution in [0.15, 0.2) is 30.7 Å². The van der Waals surface area contributed by atoms with Gasteiger partial charge in [0.2, 0.25) is 5.95 Å². The standard InChI is InChI=1S/C22H26N8O2/c1-12(2)25-22(31)28-19-16-7-6-15(14(16)8-9-23-19)18-13(3)10-24-21(27-18)26-17-11-30(4)29-20(17)32-5/h6,8-12H,7H2,1-5H3,(H,24,26,27)(H2,23,25,28,31). The van der Waals surface area contributed by atoms with Crippen LogP contribution in [0.3, 0.4) is 0 Å². The van der Waals surface area contributed by atoms with Crippen LogP contribution in [-0.2, 0) is 13.5 Å². The van der Waals surface area contributed by atoms with Crippen molar-refractivity contribution in [1.29, 1.82) is 0 Å². The van der Waals surface area contributed by atoms with Crippen molar-refractivity contribution >= 4 is 29.1 Å². The molecule has 2 amide bonds. The number of allylic oxidation sites excluding steroid dienone is 1. The van der Waals surface area contributed by atoms with E-state index in [1.807, 2.05) is 33.9 Å². The Kier molecular flexibility index (Phi) is 5.76. The highest BCUT2D eigenvalue weighted by atomic mass is 16.5. The minimum absolute atomic E-state index is 0.0356. The van der Waals surface area contributed by atoms with Crippen molar-refractivity contribution in [2.45, 2.75) is 33.2 Å². The van der Waals surface area contributed by atoms with Gasteiger partial charge in [0.05, 0.1) is 19.0 Å². The van der Waals surface area contributed by atoms with Crippen LogP contribution in [0.2, 0.25) is 0 Å². The van der Waals surface area contributed by atoms with Crippen LogP contribution < -0.4 is 20.7 Å². The molecule has 1 aliphatic carbocycles. The van der Waals surface area contributed by atoms with E-state index in [1.54, 1.807) is 30.4 Å².